The van der Waals surface area contributed by atoms with Crippen molar-refractivity contribution in [3.05, 3.63) is 164 Å². The van der Waals surface area contributed by atoms with E-state index in [2.05, 4.69) is 61.7 Å². The van der Waals surface area contributed by atoms with Gasteiger partial charge in [-0.25, -0.2) is 0 Å². The van der Waals surface area contributed by atoms with E-state index < -0.39 is 304 Å². The van der Waals surface area contributed by atoms with Crippen LogP contribution in [0.25, 0.3) is 11.1 Å². The first-order chi connectivity index (χ1) is 64.9. The van der Waals surface area contributed by atoms with Gasteiger partial charge in [0.1, 0.15) is 162 Å². The predicted molar refractivity (Wildman–Crippen MR) is 472 cm³/mol. The van der Waals surface area contributed by atoms with E-state index in [0.717, 1.165) is 111 Å². The van der Waals surface area contributed by atoms with Crippen LogP contribution in [0.1, 0.15) is 141 Å². The molecule has 9 aliphatic heterocycles. The lowest BCUT2D eigenvalue weighted by molar-refractivity contribution is -0.284. The molecule has 136 heavy (non-hydrogen) atoms. The number of halogens is 2. The van der Waals surface area contributed by atoms with Crippen molar-refractivity contribution in [2.24, 2.45) is 17.4 Å². The van der Waals surface area contributed by atoms with Gasteiger partial charge in [0.05, 0.1) is 29.9 Å². The van der Waals surface area contributed by atoms with Crippen LogP contribution in [0.4, 0.5) is 0 Å². The van der Waals surface area contributed by atoms with Gasteiger partial charge in [0.2, 0.25) is 71.5 Å². The Balaban J connectivity index is 1.05. The quantitative estimate of drug-likeness (QED) is 0.0408. The normalized spacial score (nSPS) is 28.4. The summed E-state index contributed by atoms with van der Waals surface area (Å²) in [6, 6.07) is 1.74. The highest BCUT2D eigenvalue weighted by molar-refractivity contribution is 6.32. The lowest BCUT2D eigenvalue weighted by atomic mass is 9.89. The second kappa shape index (κ2) is 43.1. The van der Waals surface area contributed by atoms with Gasteiger partial charge in [-0.3, -0.25) is 43.2 Å². The molecule has 0 unspecified atom stereocenters. The molecule has 7 aromatic carbocycles. The number of phenols is 4. The minimum absolute atomic E-state index is 0.0314. The summed E-state index contributed by atoms with van der Waals surface area (Å²) in [6.45, 7) is 1.73. The summed E-state index contributed by atoms with van der Waals surface area (Å²) in [4.78, 5) is 141. The number of rotatable bonds is 22. The summed E-state index contributed by atoms with van der Waals surface area (Å²) >= 11 is 14.8. The van der Waals surface area contributed by atoms with Crippen molar-refractivity contribution < 1.29 is 157 Å². The van der Waals surface area contributed by atoms with Crippen LogP contribution in [0.3, 0.4) is 0 Å². The molecule has 0 radical (unpaired) electrons. The maximum absolute atomic E-state index is 17.1. The lowest BCUT2D eigenvalue weighted by Crippen LogP contribution is -2.65. The van der Waals surface area contributed by atoms with Gasteiger partial charge in [0, 0.05) is 49.6 Å². The standard InChI is InChI=1S/C91H105Cl2N11O32/c1-36(2)9-6-4-5-7-10-63(113)99-71-77(118)74(115)61(34-106)133-90(71)136-81-58-28-43-29-59(81)130-55-18-14-41(26-50(55)93)80(135-89-70(97-37(3)108)76(117)73(114)60(33-105)132-89)72-88(127)103-69(84(123)96-20-8-19-94)48-31-45(110)32-57(131-91-79(120)78(119)75(116)62(35-107)134-91)64(48)47-25-40(13-15-52(47)111)66(85(124)104-72)101-87(126)68(43)102-86(125)67-42-23-44(109)30-46(24-42)128-56-27-39(12-16-53(56)112)65(95)83(122)98-51(82(121)100-67)22-38-11-17-54(129-58)49(92)21-38/h11-18,21,23-32,36,51,60-62,65-80,89-91,105-107,109-112,114-120H,4-10,19-20,22,33-35,94-95H2,1-3H3,(H,96,123)(H,97,108)(H,98,122)(H,99,113)(H,100,121)(H,101,126)(H,102,125)(H,103,127)(H,104,124)/t51-,60+,61+,62-,65-,66-,67+,68-,69+,70+,71+,72+,73-,74-,75-,76-,77-,78-,79+,80-,89+,90+,91+/m1/s1. The second-order valence-electron chi connectivity index (χ2n) is 34.3. The Kier molecular flexibility index (Phi) is 31.6. The SMILES string of the molecule is CC(=O)N[C@@H]1[C@H](O[C@@H]2c3ccc(c(Cl)c3)Oc3cc4cc(c3O[C@@H]3O[C@@H](CO)[C@@H](O)[C@H](O)[C@@H]3NC(=O)CCCCCCC(C)C)Oc3ccc(cc3Cl)C[C@H]3NC(=O)[C@H](N)c5ccc(O)c(c5)Oc5cc(O)cc(c5)[C@H](NC3=O)C(=O)N[C@H]4C(=O)N[C@H]3C(=O)N[C@@H]2C(=O)N[C@H](C(=O)NCCCN)c2cc(O)cc(O[C@H]4O[C@H](CO)[C@@H](O)[C@@H](O)[C@@H]4O)c2-c2cc3ccc2O)O[C@@H](CO)[C@@H](O)[C@@H]1O. The molecule has 17 bridgehead atoms. The number of carbonyl (C=O) groups excluding carboxylic acids is 9. The third-order valence-electron chi connectivity index (χ3n) is 24.1. The number of amides is 9. The van der Waals surface area contributed by atoms with E-state index in [0.29, 0.717) is 18.8 Å². The third-order valence-corrected chi connectivity index (χ3v) is 24.7. The average Bonchev–Trinajstić information content (AvgIpc) is 0.729. The van der Waals surface area contributed by atoms with E-state index in [1.807, 2.05) is 0 Å². The van der Waals surface area contributed by atoms with Crippen LogP contribution >= 0.6 is 23.2 Å². The molecule has 3 saturated heterocycles. The van der Waals surface area contributed by atoms with Crippen molar-refractivity contribution >= 4 is 76.4 Å². The van der Waals surface area contributed by atoms with Crippen molar-refractivity contribution in [2.45, 2.75) is 213 Å². The van der Waals surface area contributed by atoms with E-state index >= 15 is 28.8 Å². The molecule has 0 aliphatic carbocycles. The number of ether oxygens (including phenoxy) is 9. The van der Waals surface area contributed by atoms with E-state index in [-0.39, 0.29) is 70.5 Å². The van der Waals surface area contributed by atoms with Gasteiger partial charge in [-0.15, -0.1) is 0 Å². The van der Waals surface area contributed by atoms with Crippen molar-refractivity contribution in [1.29, 1.82) is 0 Å². The van der Waals surface area contributed by atoms with Crippen LogP contribution in [-0.2, 0) is 68.5 Å². The van der Waals surface area contributed by atoms with E-state index in [9.17, 15) is 85.9 Å². The van der Waals surface area contributed by atoms with Crippen LogP contribution in [0.5, 0.6) is 69.0 Å². The number of fused-ring (bicyclic) bond motifs is 14. The van der Waals surface area contributed by atoms with E-state index in [1.54, 1.807) is 0 Å². The van der Waals surface area contributed by atoms with Crippen LogP contribution < -0.4 is 83.0 Å². The highest BCUT2D eigenvalue weighted by atomic mass is 35.5. The van der Waals surface area contributed by atoms with Gasteiger partial charge in [-0.2, -0.15) is 0 Å². The molecule has 27 N–H and O–H groups in total. The fourth-order valence-corrected chi connectivity index (χ4v) is 17.4. The fraction of sp³-hybridized carbons (Fsp3) is 0.440. The molecular weight excluding hydrogens is 1830 g/mol. The molecule has 3 fully saturated rings. The summed E-state index contributed by atoms with van der Waals surface area (Å²) in [6.07, 6.45) is -25.6. The Bertz CT molecular complexity index is 5650. The fourth-order valence-electron chi connectivity index (χ4n) is 16.9. The number of carbonyl (C=O) groups is 9. The van der Waals surface area contributed by atoms with Gasteiger partial charge in [0.25, 0.3) is 0 Å². The molecule has 43 nitrogen and oxygen atoms in total. The summed E-state index contributed by atoms with van der Waals surface area (Å²) < 4.78 is 58.1. The number of aliphatic hydroxyl groups is 10. The van der Waals surface area contributed by atoms with Gasteiger partial charge >= 0.3 is 0 Å². The van der Waals surface area contributed by atoms with Crippen molar-refractivity contribution in [3.63, 3.8) is 0 Å². The molecule has 0 aromatic heterocycles. The molecule has 9 amide bonds. The van der Waals surface area contributed by atoms with Gasteiger partial charge in [-0.1, -0.05) is 87.0 Å². The summed E-state index contributed by atoms with van der Waals surface area (Å²) in [7, 11) is 0. The molecule has 7 aromatic rings. The van der Waals surface area contributed by atoms with Crippen LogP contribution in [0, 0.1) is 5.92 Å². The van der Waals surface area contributed by atoms with Gasteiger partial charge in [-0.05, 0) is 143 Å². The predicted octanol–water partition coefficient (Wildman–Crippen LogP) is 0.400. The number of benzene rings is 7. The number of unbranched alkanes of at least 4 members (excludes halogenated alkanes) is 3. The average molecular weight is 1940 g/mol. The Morgan fingerprint density at radius 2 is 1.07 bits per heavy atom. The molecule has 23 atom stereocenters. The molecular formula is C91H105Cl2N11O32. The van der Waals surface area contributed by atoms with Crippen LogP contribution in [-0.4, -0.2) is 262 Å². The van der Waals surface area contributed by atoms with Crippen molar-refractivity contribution in [2.75, 3.05) is 32.9 Å². The minimum Gasteiger partial charge on any atom is -0.508 e. The molecule has 45 heteroatoms. The van der Waals surface area contributed by atoms with E-state index in [4.69, 9.17) is 77.3 Å². The highest BCUT2D eigenvalue weighted by Gasteiger charge is 2.52. The lowest BCUT2D eigenvalue weighted by Gasteiger charge is -2.44. The number of aromatic hydroxyl groups is 4. The second-order valence-corrected chi connectivity index (χ2v) is 35.1. The summed E-state index contributed by atoms with van der Waals surface area (Å²) in [5, 5.41) is 183. The Hall–Kier alpha value is -12.1. The number of hydrogen-bond acceptors (Lipinski definition) is 34. The summed E-state index contributed by atoms with van der Waals surface area (Å²) in [5.74, 6) is -17.8. The first-order valence-electron chi connectivity index (χ1n) is 43.7. The largest absolute Gasteiger partial charge is 0.508 e. The maximum atomic E-state index is 17.1. The minimum atomic E-state index is -2.53. The molecule has 730 valence electrons. The maximum Gasteiger partial charge on any atom is 0.248 e. The van der Waals surface area contributed by atoms with Crippen molar-refractivity contribution in [3.8, 4) is 80.1 Å². The molecule has 16 rings (SSSR count). The van der Waals surface area contributed by atoms with Gasteiger partial charge in [0.15, 0.2) is 29.3 Å². The Labute approximate surface area is 784 Å². The zero-order valence-corrected chi connectivity index (χ0v) is 74.6. The number of nitrogens with one attached hydrogen (secondary N) is 9. The first-order valence-corrected chi connectivity index (χ1v) is 44.5. The zero-order valence-electron chi connectivity index (χ0n) is 73.0. The Morgan fingerprint density at radius 3 is 1.71 bits per heavy atom. The molecule has 0 saturated carbocycles. The number of nitrogens with two attached hydrogens (primary N) is 2. The molecule has 9 aliphatic rings. The highest BCUT2D eigenvalue weighted by Crippen LogP contribution is 2.51. The van der Waals surface area contributed by atoms with Crippen LogP contribution in [0.15, 0.2) is 115 Å². The first kappa shape index (κ1) is 99.9. The van der Waals surface area contributed by atoms with Crippen molar-refractivity contribution in [1.82, 2.24) is 47.9 Å². The number of phenolic OH excluding ortho intramolecular Hbond substituents is 4. The monoisotopic (exact) mass is 1930 g/mol. The third kappa shape index (κ3) is 22.1. The smallest absolute Gasteiger partial charge is 0.248 e. The van der Waals surface area contributed by atoms with Crippen LogP contribution in [0.2, 0.25) is 10.0 Å². The Morgan fingerprint density at radius 1 is 0.507 bits per heavy atom. The molecule has 0 spiro atoms. The molecule has 9 heterocycles. The summed E-state index contributed by atoms with van der Waals surface area (Å²) in [5.41, 5.74) is 9.25. The van der Waals surface area contributed by atoms with Gasteiger partial charge < -0.3 is 173 Å². The van der Waals surface area contributed by atoms with E-state index in [1.165, 1.54) is 30.3 Å². The number of aliphatic hydroxyl groups excluding tert-OH is 10. The zero-order chi connectivity index (χ0) is 97.7. The number of hydrogen-bond donors (Lipinski definition) is 25. The topological polar surface area (TPSA) is 680 Å².